The first-order valence-electron chi connectivity index (χ1n) is 3.52. The molecule has 1 rings (SSSR count). The highest BCUT2D eigenvalue weighted by Gasteiger charge is 2.12. The lowest BCUT2D eigenvalue weighted by atomic mass is 10.1. The molecule has 1 saturated heterocycles. The molecule has 0 spiro atoms. The minimum atomic E-state index is 0.624. The first-order chi connectivity index (χ1) is 4.93. The molecule has 0 unspecified atom stereocenters. The second-order valence-corrected chi connectivity index (χ2v) is 3.29. The summed E-state index contributed by atoms with van der Waals surface area (Å²) in [6.45, 7) is 1.77. The van der Waals surface area contributed by atoms with Gasteiger partial charge in [-0.15, -0.1) is 0 Å². The minimum Gasteiger partial charge on any atom is -0.381 e. The Bertz CT molecular complexity index is 126. The Labute approximate surface area is 65.6 Å². The minimum absolute atomic E-state index is 0.624. The molecule has 3 heteroatoms. The number of rotatable bonds is 2. The average molecular weight is 157 g/mol. The van der Waals surface area contributed by atoms with Gasteiger partial charge < -0.3 is 4.74 Å². The monoisotopic (exact) mass is 157 g/mol. The van der Waals surface area contributed by atoms with Gasteiger partial charge in [-0.2, -0.15) is 5.26 Å². The fourth-order valence-corrected chi connectivity index (χ4v) is 1.67. The van der Waals surface area contributed by atoms with Crippen molar-refractivity contribution < 1.29 is 4.74 Å². The van der Waals surface area contributed by atoms with Gasteiger partial charge in [-0.25, -0.2) is 0 Å². The molecule has 0 N–H and O–H groups in total. The van der Waals surface area contributed by atoms with Crippen molar-refractivity contribution in [2.24, 2.45) is 5.92 Å². The van der Waals surface area contributed by atoms with Crippen LogP contribution < -0.4 is 0 Å². The van der Waals surface area contributed by atoms with Crippen molar-refractivity contribution in [2.45, 2.75) is 12.8 Å². The van der Waals surface area contributed by atoms with E-state index in [1.807, 2.05) is 0 Å². The first kappa shape index (κ1) is 7.90. The zero-order valence-corrected chi connectivity index (χ0v) is 6.69. The van der Waals surface area contributed by atoms with Crippen molar-refractivity contribution in [2.75, 3.05) is 19.0 Å². The lowest BCUT2D eigenvalue weighted by molar-refractivity contribution is 0.0633. The molecule has 0 aliphatic carbocycles. The summed E-state index contributed by atoms with van der Waals surface area (Å²) in [6.07, 6.45) is 2.39. The van der Waals surface area contributed by atoms with E-state index in [1.54, 1.807) is 0 Å². The Morgan fingerprint density at radius 2 is 2.60 bits per heavy atom. The number of nitriles is 1. The fraction of sp³-hybridized carbons (Fsp3) is 0.857. The van der Waals surface area contributed by atoms with E-state index in [0.29, 0.717) is 5.92 Å². The summed E-state index contributed by atoms with van der Waals surface area (Å²) >= 11 is 1.34. The number of ether oxygens (including phenoxy) is 1. The highest BCUT2D eigenvalue weighted by atomic mass is 32.2. The summed E-state index contributed by atoms with van der Waals surface area (Å²) < 4.78 is 5.26. The Kier molecular flexibility index (Phi) is 3.63. The summed E-state index contributed by atoms with van der Waals surface area (Å²) in [4.78, 5) is 0. The van der Waals surface area contributed by atoms with Crippen LogP contribution in [0.25, 0.3) is 0 Å². The smallest absolute Gasteiger partial charge is 0.133 e. The molecule has 0 bridgehead atoms. The van der Waals surface area contributed by atoms with Gasteiger partial charge in [0.2, 0.25) is 0 Å². The van der Waals surface area contributed by atoms with Crippen molar-refractivity contribution in [3.63, 3.8) is 0 Å². The largest absolute Gasteiger partial charge is 0.381 e. The van der Waals surface area contributed by atoms with Crippen molar-refractivity contribution in [3.05, 3.63) is 0 Å². The maximum absolute atomic E-state index is 8.27. The van der Waals surface area contributed by atoms with Crippen LogP contribution in [0.4, 0.5) is 0 Å². The van der Waals surface area contributed by atoms with Gasteiger partial charge in [-0.1, -0.05) is 0 Å². The van der Waals surface area contributed by atoms with Crippen LogP contribution >= 0.6 is 11.8 Å². The second-order valence-electron chi connectivity index (χ2n) is 2.49. The molecule has 1 aliphatic heterocycles. The molecule has 1 aliphatic rings. The predicted octanol–water partition coefficient (Wildman–Crippen LogP) is 1.63. The van der Waals surface area contributed by atoms with Gasteiger partial charge in [0, 0.05) is 12.4 Å². The predicted molar refractivity (Wildman–Crippen MR) is 41.6 cm³/mol. The van der Waals surface area contributed by atoms with E-state index in [4.69, 9.17) is 10.00 Å². The van der Waals surface area contributed by atoms with E-state index in [9.17, 15) is 0 Å². The lowest BCUT2D eigenvalue weighted by Gasteiger charge is -2.19. The zero-order valence-electron chi connectivity index (χ0n) is 5.88. The number of hydrogen-bond acceptors (Lipinski definition) is 3. The summed E-state index contributed by atoms with van der Waals surface area (Å²) in [5.41, 5.74) is 0. The SMILES string of the molecule is N#CSC[C@H]1CCCOC1. The van der Waals surface area contributed by atoms with Gasteiger partial charge >= 0.3 is 0 Å². The van der Waals surface area contributed by atoms with E-state index < -0.39 is 0 Å². The van der Waals surface area contributed by atoms with Crippen LogP contribution in [0.5, 0.6) is 0 Å². The third-order valence-corrected chi connectivity index (χ3v) is 2.41. The van der Waals surface area contributed by atoms with Crippen LogP contribution in [0.1, 0.15) is 12.8 Å². The molecule has 0 saturated carbocycles. The number of thioether (sulfide) groups is 1. The van der Waals surface area contributed by atoms with E-state index in [2.05, 4.69) is 5.40 Å². The number of nitrogens with zero attached hydrogens (tertiary/aromatic N) is 1. The maximum Gasteiger partial charge on any atom is 0.133 e. The summed E-state index contributed by atoms with van der Waals surface area (Å²) in [5, 5.41) is 10.3. The Balaban J connectivity index is 2.09. The Hall–Kier alpha value is -0.200. The summed E-state index contributed by atoms with van der Waals surface area (Å²) in [5.74, 6) is 1.56. The number of thiocyanates is 1. The standard InChI is InChI=1S/C7H11NOS/c8-6-10-5-7-2-1-3-9-4-7/h7H,1-5H2/t7-/m0/s1. The van der Waals surface area contributed by atoms with E-state index in [1.165, 1.54) is 18.2 Å². The van der Waals surface area contributed by atoms with Crippen LogP contribution in [-0.4, -0.2) is 19.0 Å². The summed E-state index contributed by atoms with van der Waals surface area (Å²) in [6, 6.07) is 0. The van der Waals surface area contributed by atoms with E-state index in [0.717, 1.165) is 25.4 Å². The van der Waals surface area contributed by atoms with Crippen LogP contribution in [0.2, 0.25) is 0 Å². The second kappa shape index (κ2) is 4.59. The molecule has 10 heavy (non-hydrogen) atoms. The molecule has 1 atom stereocenters. The van der Waals surface area contributed by atoms with Crippen molar-refractivity contribution in [1.29, 1.82) is 5.26 Å². The molecule has 0 aromatic heterocycles. The molecule has 1 heterocycles. The normalized spacial score (nSPS) is 25.7. The van der Waals surface area contributed by atoms with Crippen LogP contribution in [0, 0.1) is 16.6 Å². The van der Waals surface area contributed by atoms with Gasteiger partial charge in [0.05, 0.1) is 6.61 Å². The van der Waals surface area contributed by atoms with Crippen molar-refractivity contribution >= 4 is 11.8 Å². The van der Waals surface area contributed by atoms with E-state index >= 15 is 0 Å². The third-order valence-electron chi connectivity index (χ3n) is 1.64. The maximum atomic E-state index is 8.27. The Morgan fingerprint density at radius 1 is 1.70 bits per heavy atom. The first-order valence-corrected chi connectivity index (χ1v) is 4.50. The van der Waals surface area contributed by atoms with Crippen LogP contribution in [-0.2, 0) is 4.74 Å². The fourth-order valence-electron chi connectivity index (χ4n) is 1.09. The van der Waals surface area contributed by atoms with Crippen LogP contribution in [0.3, 0.4) is 0 Å². The molecule has 0 amide bonds. The molecule has 0 aromatic carbocycles. The van der Waals surface area contributed by atoms with Gasteiger partial charge in [-0.05, 0) is 30.5 Å². The van der Waals surface area contributed by atoms with E-state index in [-0.39, 0.29) is 0 Å². The van der Waals surface area contributed by atoms with Gasteiger partial charge in [0.1, 0.15) is 5.40 Å². The molecule has 2 nitrogen and oxygen atoms in total. The number of hydrogen-bond donors (Lipinski definition) is 0. The van der Waals surface area contributed by atoms with Gasteiger partial charge in [-0.3, -0.25) is 0 Å². The molecule has 0 radical (unpaired) electrons. The highest BCUT2D eigenvalue weighted by Crippen LogP contribution is 2.17. The average Bonchev–Trinajstić information content (AvgIpc) is 2.03. The lowest BCUT2D eigenvalue weighted by Crippen LogP contribution is -2.18. The summed E-state index contributed by atoms with van der Waals surface area (Å²) in [7, 11) is 0. The highest BCUT2D eigenvalue weighted by molar-refractivity contribution is 8.03. The topological polar surface area (TPSA) is 33.0 Å². The zero-order chi connectivity index (χ0) is 7.23. The quantitative estimate of drug-likeness (QED) is 0.571. The molecule has 1 fully saturated rings. The third kappa shape index (κ3) is 2.59. The Morgan fingerprint density at radius 3 is 3.20 bits per heavy atom. The van der Waals surface area contributed by atoms with Crippen molar-refractivity contribution in [3.8, 4) is 5.40 Å². The van der Waals surface area contributed by atoms with Crippen molar-refractivity contribution in [1.82, 2.24) is 0 Å². The molecule has 56 valence electrons. The molecular weight excluding hydrogens is 146 g/mol. The van der Waals surface area contributed by atoms with Crippen LogP contribution in [0.15, 0.2) is 0 Å². The molecule has 0 aromatic rings. The van der Waals surface area contributed by atoms with Gasteiger partial charge in [0.25, 0.3) is 0 Å². The molecular formula is C7H11NOS. The van der Waals surface area contributed by atoms with Gasteiger partial charge in [0.15, 0.2) is 0 Å².